The SMILES string of the molecule is COCC(C)NS(=O)(=O)c1cc(C(=O)O)ccc1NC1CC1. The normalized spacial score (nSPS) is 16.3. The highest BCUT2D eigenvalue weighted by atomic mass is 32.2. The van der Waals surface area contributed by atoms with Crippen molar-refractivity contribution in [2.24, 2.45) is 0 Å². The lowest BCUT2D eigenvalue weighted by molar-refractivity contribution is 0.0696. The lowest BCUT2D eigenvalue weighted by Gasteiger charge is -2.17. The van der Waals surface area contributed by atoms with Crippen molar-refractivity contribution in [3.63, 3.8) is 0 Å². The summed E-state index contributed by atoms with van der Waals surface area (Å²) >= 11 is 0. The molecular formula is C14H20N2O5S. The predicted octanol–water partition coefficient (Wildman–Crippen LogP) is 1.27. The van der Waals surface area contributed by atoms with Crippen molar-refractivity contribution in [1.82, 2.24) is 4.72 Å². The number of rotatable bonds is 8. The van der Waals surface area contributed by atoms with E-state index in [0.717, 1.165) is 12.8 Å². The third-order valence-electron chi connectivity index (χ3n) is 3.23. The minimum Gasteiger partial charge on any atom is -0.478 e. The summed E-state index contributed by atoms with van der Waals surface area (Å²) in [6, 6.07) is 3.90. The molecule has 1 unspecified atom stereocenters. The van der Waals surface area contributed by atoms with E-state index in [2.05, 4.69) is 10.0 Å². The lowest BCUT2D eigenvalue weighted by Crippen LogP contribution is -2.36. The molecule has 0 amide bonds. The van der Waals surface area contributed by atoms with Crippen LogP contribution in [0.5, 0.6) is 0 Å². The van der Waals surface area contributed by atoms with Gasteiger partial charge >= 0.3 is 5.97 Å². The van der Waals surface area contributed by atoms with Gasteiger partial charge in [-0.25, -0.2) is 17.9 Å². The fourth-order valence-corrected chi connectivity index (χ4v) is 3.48. The van der Waals surface area contributed by atoms with Crippen molar-refractivity contribution in [3.05, 3.63) is 23.8 Å². The van der Waals surface area contributed by atoms with Crippen molar-refractivity contribution >= 4 is 21.7 Å². The molecule has 2 rings (SSSR count). The molecule has 3 N–H and O–H groups in total. The third-order valence-corrected chi connectivity index (χ3v) is 4.86. The van der Waals surface area contributed by atoms with Gasteiger partial charge in [0, 0.05) is 19.2 Å². The number of anilines is 1. The Kier molecular flexibility index (Phi) is 5.05. The van der Waals surface area contributed by atoms with Crippen LogP contribution in [0.4, 0.5) is 5.69 Å². The van der Waals surface area contributed by atoms with Crippen LogP contribution in [0, 0.1) is 0 Å². The van der Waals surface area contributed by atoms with Gasteiger partial charge in [0.05, 0.1) is 17.9 Å². The fourth-order valence-electron chi connectivity index (χ4n) is 2.06. The molecule has 0 saturated heterocycles. The van der Waals surface area contributed by atoms with Gasteiger partial charge in [-0.2, -0.15) is 0 Å². The van der Waals surface area contributed by atoms with Crippen LogP contribution in [0.2, 0.25) is 0 Å². The summed E-state index contributed by atoms with van der Waals surface area (Å²) in [6.45, 7) is 1.90. The average molecular weight is 328 g/mol. The zero-order chi connectivity index (χ0) is 16.3. The van der Waals surface area contributed by atoms with Crippen LogP contribution < -0.4 is 10.0 Å². The molecule has 0 radical (unpaired) electrons. The summed E-state index contributed by atoms with van der Waals surface area (Å²) in [4.78, 5) is 11.0. The summed E-state index contributed by atoms with van der Waals surface area (Å²) in [5, 5.41) is 12.2. The van der Waals surface area contributed by atoms with E-state index in [0.29, 0.717) is 5.69 Å². The van der Waals surface area contributed by atoms with Crippen LogP contribution in [-0.4, -0.2) is 45.3 Å². The molecule has 0 heterocycles. The predicted molar refractivity (Wildman–Crippen MR) is 81.7 cm³/mol. The topological polar surface area (TPSA) is 105 Å². The van der Waals surface area contributed by atoms with E-state index in [1.165, 1.54) is 25.3 Å². The Morgan fingerprint density at radius 1 is 1.45 bits per heavy atom. The molecule has 0 aliphatic heterocycles. The van der Waals surface area contributed by atoms with Crippen LogP contribution in [0.3, 0.4) is 0 Å². The summed E-state index contributed by atoms with van der Waals surface area (Å²) in [7, 11) is -2.36. The van der Waals surface area contributed by atoms with Gasteiger partial charge in [-0.15, -0.1) is 0 Å². The van der Waals surface area contributed by atoms with Crippen molar-refractivity contribution in [2.75, 3.05) is 19.0 Å². The Morgan fingerprint density at radius 2 is 2.14 bits per heavy atom. The summed E-state index contributed by atoms with van der Waals surface area (Å²) < 4.78 is 32.4. The largest absolute Gasteiger partial charge is 0.478 e. The standard InChI is InChI=1S/C14H20N2O5S/c1-9(8-21-2)16-22(19,20)13-7-10(14(17)18)3-6-12(13)15-11-4-5-11/h3,6-7,9,11,15-16H,4-5,8H2,1-2H3,(H,17,18). The van der Waals surface area contributed by atoms with E-state index in [9.17, 15) is 13.2 Å². The summed E-state index contributed by atoms with van der Waals surface area (Å²) in [5.74, 6) is -1.17. The van der Waals surface area contributed by atoms with Gasteiger partial charge < -0.3 is 15.2 Å². The number of nitrogens with one attached hydrogen (secondary N) is 2. The zero-order valence-electron chi connectivity index (χ0n) is 12.5. The molecule has 0 aromatic heterocycles. The Bertz CT molecular complexity index is 655. The van der Waals surface area contributed by atoms with Gasteiger partial charge in [0.2, 0.25) is 10.0 Å². The number of benzene rings is 1. The van der Waals surface area contributed by atoms with E-state index < -0.39 is 22.0 Å². The molecular weight excluding hydrogens is 308 g/mol. The Hall–Kier alpha value is -1.64. The molecule has 1 fully saturated rings. The number of carboxylic acids is 1. The van der Waals surface area contributed by atoms with Gasteiger partial charge in [0.15, 0.2) is 0 Å². The van der Waals surface area contributed by atoms with Crippen LogP contribution in [0.15, 0.2) is 23.1 Å². The van der Waals surface area contributed by atoms with E-state index in [1.807, 2.05) is 0 Å². The van der Waals surface area contributed by atoms with Crippen molar-refractivity contribution in [2.45, 2.75) is 36.7 Å². The van der Waals surface area contributed by atoms with Gasteiger partial charge in [-0.05, 0) is 38.0 Å². The minimum absolute atomic E-state index is 0.0535. The highest BCUT2D eigenvalue weighted by Gasteiger charge is 2.27. The molecule has 1 aliphatic rings. The fraction of sp³-hybridized carbons (Fsp3) is 0.500. The van der Waals surface area contributed by atoms with Gasteiger partial charge in [-0.3, -0.25) is 0 Å². The first kappa shape index (κ1) is 16.7. The molecule has 1 aromatic carbocycles. The summed E-state index contributed by atoms with van der Waals surface area (Å²) in [5.41, 5.74) is 0.353. The van der Waals surface area contributed by atoms with Crippen molar-refractivity contribution in [1.29, 1.82) is 0 Å². The average Bonchev–Trinajstić information content (AvgIpc) is 3.22. The zero-order valence-corrected chi connectivity index (χ0v) is 13.3. The molecule has 1 aromatic rings. The maximum absolute atomic E-state index is 12.5. The highest BCUT2D eigenvalue weighted by molar-refractivity contribution is 7.89. The number of carbonyl (C=O) groups is 1. The molecule has 0 spiro atoms. The molecule has 1 atom stereocenters. The van der Waals surface area contributed by atoms with Crippen LogP contribution in [0.25, 0.3) is 0 Å². The van der Waals surface area contributed by atoms with Gasteiger partial charge in [0.25, 0.3) is 0 Å². The minimum atomic E-state index is -3.84. The van der Waals surface area contributed by atoms with E-state index in [4.69, 9.17) is 9.84 Å². The monoisotopic (exact) mass is 328 g/mol. The number of ether oxygens (including phenoxy) is 1. The van der Waals surface area contributed by atoms with Crippen molar-refractivity contribution < 1.29 is 23.1 Å². The van der Waals surface area contributed by atoms with Crippen LogP contribution >= 0.6 is 0 Å². The Labute approximate surface area is 129 Å². The first-order chi connectivity index (χ1) is 10.3. The second kappa shape index (κ2) is 6.64. The molecule has 1 saturated carbocycles. The van der Waals surface area contributed by atoms with Crippen LogP contribution in [-0.2, 0) is 14.8 Å². The first-order valence-corrected chi connectivity index (χ1v) is 8.47. The second-order valence-corrected chi connectivity index (χ2v) is 7.09. The first-order valence-electron chi connectivity index (χ1n) is 6.98. The smallest absolute Gasteiger partial charge is 0.335 e. The van der Waals surface area contributed by atoms with E-state index >= 15 is 0 Å². The van der Waals surface area contributed by atoms with Gasteiger partial charge in [0.1, 0.15) is 4.90 Å². The summed E-state index contributed by atoms with van der Waals surface area (Å²) in [6.07, 6.45) is 1.96. The number of methoxy groups -OCH3 is 1. The molecule has 7 nitrogen and oxygen atoms in total. The molecule has 122 valence electrons. The molecule has 0 bridgehead atoms. The molecule has 22 heavy (non-hydrogen) atoms. The van der Waals surface area contributed by atoms with Crippen molar-refractivity contribution in [3.8, 4) is 0 Å². The number of hydrogen-bond acceptors (Lipinski definition) is 5. The van der Waals surface area contributed by atoms with E-state index in [-0.39, 0.29) is 23.1 Å². The molecule has 8 heteroatoms. The maximum Gasteiger partial charge on any atom is 0.335 e. The number of aromatic carboxylic acids is 1. The Balaban J connectivity index is 2.35. The van der Waals surface area contributed by atoms with Crippen LogP contribution in [0.1, 0.15) is 30.1 Å². The number of sulfonamides is 1. The highest BCUT2D eigenvalue weighted by Crippen LogP contribution is 2.30. The molecule has 1 aliphatic carbocycles. The second-order valence-electron chi connectivity index (χ2n) is 5.41. The Morgan fingerprint density at radius 3 is 2.68 bits per heavy atom. The number of hydrogen-bond donors (Lipinski definition) is 3. The third kappa shape index (κ3) is 4.19. The lowest BCUT2D eigenvalue weighted by atomic mass is 10.2. The number of carboxylic acid groups (broad SMARTS) is 1. The van der Waals surface area contributed by atoms with Gasteiger partial charge in [-0.1, -0.05) is 0 Å². The quantitative estimate of drug-likeness (QED) is 0.664. The van der Waals surface area contributed by atoms with E-state index in [1.54, 1.807) is 6.92 Å². The maximum atomic E-state index is 12.5.